The number of hydrogen-bond donors (Lipinski definition) is 2. The maximum absolute atomic E-state index is 12.5. The third-order valence-electron chi connectivity index (χ3n) is 3.90. The lowest BCUT2D eigenvalue weighted by Gasteiger charge is -2.29. The van der Waals surface area contributed by atoms with Gasteiger partial charge in [-0.2, -0.15) is 0 Å². The van der Waals surface area contributed by atoms with E-state index in [9.17, 15) is 14.1 Å². The van der Waals surface area contributed by atoms with Gasteiger partial charge in [-0.05, 0) is 49.3 Å². The van der Waals surface area contributed by atoms with E-state index in [1.807, 2.05) is 53.7 Å². The van der Waals surface area contributed by atoms with Gasteiger partial charge in [0.25, 0.3) is 0 Å². The molecule has 0 aliphatic carbocycles. The Morgan fingerprint density at radius 1 is 1.12 bits per heavy atom. The zero-order valence-electron chi connectivity index (χ0n) is 16.1. The summed E-state index contributed by atoms with van der Waals surface area (Å²) in [6.07, 6.45) is 0. The Bertz CT molecular complexity index is 624. The van der Waals surface area contributed by atoms with Gasteiger partial charge in [0.2, 0.25) is 0 Å². The first kappa shape index (κ1) is 20.8. The fraction of sp³-hybridized carbons (Fsp3) is 0.632. The van der Waals surface area contributed by atoms with Gasteiger partial charge >= 0.3 is 5.97 Å². The van der Waals surface area contributed by atoms with Crippen molar-refractivity contribution >= 4 is 17.0 Å². The van der Waals surface area contributed by atoms with Gasteiger partial charge in [0.15, 0.2) is 0 Å². The summed E-state index contributed by atoms with van der Waals surface area (Å²) < 4.78 is 15.4. The van der Waals surface area contributed by atoms with Gasteiger partial charge in [0.05, 0.1) is 21.3 Å². The van der Waals surface area contributed by atoms with Gasteiger partial charge in [-0.15, -0.1) is 0 Å². The maximum Gasteiger partial charge on any atom is 0.335 e. The molecular formula is C19H31NO3S. The molecule has 0 saturated carbocycles. The highest BCUT2D eigenvalue weighted by molar-refractivity contribution is 7.84. The summed E-state index contributed by atoms with van der Waals surface area (Å²) in [6, 6.07) is 5.33. The van der Waals surface area contributed by atoms with Crippen LogP contribution in [0.25, 0.3) is 0 Å². The van der Waals surface area contributed by atoms with Crippen molar-refractivity contribution in [2.24, 2.45) is 5.92 Å². The molecule has 1 aromatic rings. The monoisotopic (exact) mass is 353 g/mol. The molecule has 0 aliphatic heterocycles. The second kappa shape index (κ2) is 7.36. The molecule has 0 aliphatic rings. The van der Waals surface area contributed by atoms with Gasteiger partial charge in [-0.3, -0.25) is 0 Å². The molecule has 1 aromatic carbocycles. The average Bonchev–Trinajstić information content (AvgIpc) is 2.41. The van der Waals surface area contributed by atoms with Crippen molar-refractivity contribution in [2.45, 2.75) is 71.6 Å². The molecule has 5 heteroatoms. The number of carboxylic acid groups (broad SMARTS) is 1. The van der Waals surface area contributed by atoms with Crippen LogP contribution in [-0.4, -0.2) is 20.0 Å². The molecular weight excluding hydrogens is 322 g/mol. The molecule has 0 amide bonds. The van der Waals surface area contributed by atoms with Crippen molar-refractivity contribution in [3.05, 3.63) is 34.9 Å². The quantitative estimate of drug-likeness (QED) is 0.823. The second-order valence-electron chi connectivity index (χ2n) is 8.58. The minimum atomic E-state index is -1.20. The predicted octanol–water partition coefficient (Wildman–Crippen LogP) is 4.43. The lowest BCUT2D eigenvalue weighted by Crippen LogP contribution is -2.37. The third kappa shape index (κ3) is 5.15. The lowest BCUT2D eigenvalue weighted by molar-refractivity contribution is 0.0694. The van der Waals surface area contributed by atoms with Gasteiger partial charge in [0, 0.05) is 6.04 Å². The summed E-state index contributed by atoms with van der Waals surface area (Å²) in [5, 5.41) is 9.46. The van der Waals surface area contributed by atoms with Crippen molar-refractivity contribution in [3.63, 3.8) is 0 Å². The number of benzene rings is 1. The van der Waals surface area contributed by atoms with E-state index in [-0.39, 0.29) is 22.1 Å². The number of hydrogen-bond acceptors (Lipinski definition) is 2. The largest absolute Gasteiger partial charge is 0.478 e. The van der Waals surface area contributed by atoms with Crippen molar-refractivity contribution < 1.29 is 14.1 Å². The van der Waals surface area contributed by atoms with Gasteiger partial charge in [-0.1, -0.05) is 46.8 Å². The van der Waals surface area contributed by atoms with E-state index < -0.39 is 17.0 Å². The zero-order valence-corrected chi connectivity index (χ0v) is 16.9. The van der Waals surface area contributed by atoms with Crippen molar-refractivity contribution in [1.82, 2.24) is 4.72 Å². The van der Waals surface area contributed by atoms with Crippen LogP contribution in [0.15, 0.2) is 18.2 Å². The number of aromatic carboxylic acids is 1. The molecule has 1 rings (SSSR count). The van der Waals surface area contributed by atoms with Crippen LogP contribution in [0.2, 0.25) is 0 Å². The van der Waals surface area contributed by atoms with Gasteiger partial charge < -0.3 is 5.11 Å². The molecule has 1 unspecified atom stereocenters. The molecule has 0 bridgehead atoms. The highest BCUT2D eigenvalue weighted by Gasteiger charge is 2.28. The highest BCUT2D eigenvalue weighted by Crippen LogP contribution is 2.31. The summed E-state index contributed by atoms with van der Waals surface area (Å²) in [5.41, 5.74) is 1.80. The van der Waals surface area contributed by atoms with Crippen molar-refractivity contribution in [3.8, 4) is 0 Å². The smallest absolute Gasteiger partial charge is 0.335 e. The maximum atomic E-state index is 12.5. The van der Waals surface area contributed by atoms with Gasteiger partial charge in [-0.25, -0.2) is 13.7 Å². The van der Waals surface area contributed by atoms with Gasteiger partial charge in [0.1, 0.15) is 0 Å². The first-order valence-electron chi connectivity index (χ1n) is 8.31. The highest BCUT2D eigenvalue weighted by atomic mass is 32.2. The Balaban J connectivity index is 3.36. The minimum Gasteiger partial charge on any atom is -0.478 e. The van der Waals surface area contributed by atoms with E-state index >= 15 is 0 Å². The number of rotatable bonds is 5. The fourth-order valence-corrected chi connectivity index (χ4v) is 3.44. The minimum absolute atomic E-state index is 0.103. The van der Waals surface area contributed by atoms with E-state index in [4.69, 9.17) is 0 Å². The Kier molecular flexibility index (Phi) is 6.39. The normalized spacial score (nSPS) is 15.4. The molecule has 0 radical (unpaired) electrons. The van der Waals surface area contributed by atoms with Crippen LogP contribution in [0.3, 0.4) is 0 Å². The fourth-order valence-electron chi connectivity index (χ4n) is 2.44. The summed E-state index contributed by atoms with van der Waals surface area (Å²) in [7, 11) is -1.20. The van der Waals surface area contributed by atoms with Crippen molar-refractivity contribution in [1.29, 1.82) is 0 Å². The van der Waals surface area contributed by atoms with Crippen LogP contribution in [0.1, 0.15) is 82.9 Å². The van der Waals surface area contributed by atoms with Crippen molar-refractivity contribution in [2.75, 3.05) is 0 Å². The Morgan fingerprint density at radius 2 is 1.67 bits per heavy atom. The first-order chi connectivity index (χ1) is 10.7. The first-order valence-corrected chi connectivity index (χ1v) is 9.46. The van der Waals surface area contributed by atoms with Crippen LogP contribution in [0.4, 0.5) is 0 Å². The van der Waals surface area contributed by atoms with E-state index in [1.54, 1.807) is 6.07 Å². The zero-order chi connectivity index (χ0) is 18.9. The van der Waals surface area contributed by atoms with Crippen LogP contribution in [0.5, 0.6) is 0 Å². The lowest BCUT2D eigenvalue weighted by atomic mass is 9.81. The Labute approximate surface area is 148 Å². The molecule has 0 saturated heterocycles. The molecule has 4 nitrogen and oxygen atoms in total. The molecule has 2 N–H and O–H groups in total. The Morgan fingerprint density at radius 3 is 2.04 bits per heavy atom. The predicted molar refractivity (Wildman–Crippen MR) is 101 cm³/mol. The third-order valence-corrected chi connectivity index (χ3v) is 5.48. The summed E-state index contributed by atoms with van der Waals surface area (Å²) in [4.78, 5) is 11.5. The number of carbonyl (C=O) groups is 1. The molecule has 136 valence electrons. The molecule has 0 fully saturated rings. The molecule has 0 heterocycles. The summed E-state index contributed by atoms with van der Waals surface area (Å²) >= 11 is 0. The average molecular weight is 354 g/mol. The molecule has 24 heavy (non-hydrogen) atoms. The van der Waals surface area contributed by atoms with E-state index in [1.165, 1.54) is 0 Å². The molecule has 0 spiro atoms. The Hall–Kier alpha value is -1.20. The van der Waals surface area contributed by atoms with E-state index in [0.29, 0.717) is 5.56 Å². The van der Waals surface area contributed by atoms with E-state index in [2.05, 4.69) is 18.6 Å². The van der Waals surface area contributed by atoms with Crippen LogP contribution in [0, 0.1) is 5.92 Å². The topological polar surface area (TPSA) is 66.4 Å². The van der Waals surface area contributed by atoms with Crippen LogP contribution in [-0.2, 0) is 16.4 Å². The molecule has 2 atom stereocenters. The van der Waals surface area contributed by atoms with Crippen LogP contribution < -0.4 is 4.72 Å². The molecule has 0 aromatic heterocycles. The summed E-state index contributed by atoms with van der Waals surface area (Å²) in [5.74, 6) is -0.696. The standard InChI is InChI=1S/C19H31NO3S/c1-12(2)16(20-24(23)19(6,7)8)13-9-10-14(17(21)22)15(11-13)18(3,4)5/h9-12,16,20H,1-8H3,(H,21,22)/t16-,24?/m1/s1. The number of nitrogens with one attached hydrogen (secondary N) is 1. The van der Waals surface area contributed by atoms with Crippen LogP contribution >= 0.6 is 0 Å². The SMILES string of the molecule is CC(C)[C@@H](NS(=O)C(C)(C)C)c1ccc(C(=O)O)c(C(C)(C)C)c1. The second-order valence-corrected chi connectivity index (χ2v) is 10.6. The summed E-state index contributed by atoms with van der Waals surface area (Å²) in [6.45, 7) is 15.9. The number of carboxylic acids is 1. The van der Waals surface area contributed by atoms with E-state index in [0.717, 1.165) is 11.1 Å².